The Bertz CT molecular complexity index is 256. The molecule has 3 heteroatoms. The first kappa shape index (κ1) is 9.00. The van der Waals surface area contributed by atoms with Crippen LogP contribution >= 0.6 is 0 Å². The lowest BCUT2D eigenvalue weighted by Crippen LogP contribution is -2.25. The quantitative estimate of drug-likeness (QED) is 0.618. The van der Waals surface area contributed by atoms with E-state index in [2.05, 4.69) is 0 Å². The van der Waals surface area contributed by atoms with E-state index in [0.717, 1.165) is 12.8 Å². The number of carbonyl (C=O) groups excluding carboxylic acids is 1. The Kier molecular flexibility index (Phi) is 1.57. The first-order valence-corrected chi connectivity index (χ1v) is 4.84. The molecule has 3 atom stereocenters. The van der Waals surface area contributed by atoms with Crippen molar-refractivity contribution in [1.29, 1.82) is 0 Å². The standard InChI is InChI=1S/C10H17NO2/c1-9(2,3)13-8(12)6-4-10(6)5-7(10)11/h6-7H,4-5,11H2,1-3H3. The molecule has 1 spiro atoms. The van der Waals surface area contributed by atoms with Crippen molar-refractivity contribution in [1.82, 2.24) is 0 Å². The molecule has 74 valence electrons. The molecule has 2 fully saturated rings. The van der Waals surface area contributed by atoms with Crippen LogP contribution in [-0.4, -0.2) is 17.6 Å². The van der Waals surface area contributed by atoms with E-state index in [-0.39, 0.29) is 28.9 Å². The van der Waals surface area contributed by atoms with E-state index >= 15 is 0 Å². The van der Waals surface area contributed by atoms with Gasteiger partial charge in [-0.25, -0.2) is 0 Å². The van der Waals surface area contributed by atoms with Crippen LogP contribution < -0.4 is 5.73 Å². The Hall–Kier alpha value is -0.570. The number of esters is 1. The van der Waals surface area contributed by atoms with Crippen molar-refractivity contribution < 1.29 is 9.53 Å². The van der Waals surface area contributed by atoms with Crippen molar-refractivity contribution in [2.75, 3.05) is 0 Å². The Labute approximate surface area is 78.6 Å². The third-order valence-corrected chi connectivity index (χ3v) is 2.99. The van der Waals surface area contributed by atoms with Crippen molar-refractivity contribution in [2.24, 2.45) is 17.1 Å². The van der Waals surface area contributed by atoms with Gasteiger partial charge in [-0.15, -0.1) is 0 Å². The summed E-state index contributed by atoms with van der Waals surface area (Å²) in [7, 11) is 0. The summed E-state index contributed by atoms with van der Waals surface area (Å²) < 4.78 is 5.29. The SMILES string of the molecule is CC(C)(C)OC(=O)C1CC12CC2N. The Morgan fingerprint density at radius 3 is 2.31 bits per heavy atom. The molecule has 3 nitrogen and oxygen atoms in total. The van der Waals surface area contributed by atoms with E-state index in [9.17, 15) is 4.79 Å². The molecule has 0 aromatic heterocycles. The molecule has 0 aromatic carbocycles. The number of nitrogens with two attached hydrogens (primary N) is 1. The number of rotatable bonds is 1. The van der Waals surface area contributed by atoms with Gasteiger partial charge in [0.15, 0.2) is 0 Å². The van der Waals surface area contributed by atoms with Crippen LogP contribution in [0.2, 0.25) is 0 Å². The third kappa shape index (κ3) is 1.46. The fourth-order valence-corrected chi connectivity index (χ4v) is 2.00. The molecule has 2 saturated carbocycles. The zero-order valence-electron chi connectivity index (χ0n) is 8.46. The molecular weight excluding hydrogens is 166 g/mol. The molecule has 0 heterocycles. The minimum Gasteiger partial charge on any atom is -0.460 e. The van der Waals surface area contributed by atoms with Gasteiger partial charge in [-0.3, -0.25) is 4.79 Å². The van der Waals surface area contributed by atoms with E-state index in [1.54, 1.807) is 0 Å². The summed E-state index contributed by atoms with van der Waals surface area (Å²) in [5.41, 5.74) is 5.55. The molecule has 2 N–H and O–H groups in total. The van der Waals surface area contributed by atoms with E-state index in [1.165, 1.54) is 0 Å². The summed E-state index contributed by atoms with van der Waals surface area (Å²) in [6.45, 7) is 5.69. The topological polar surface area (TPSA) is 52.3 Å². The van der Waals surface area contributed by atoms with E-state index in [4.69, 9.17) is 10.5 Å². The molecule has 0 radical (unpaired) electrons. The molecular formula is C10H17NO2. The lowest BCUT2D eigenvalue weighted by Gasteiger charge is -2.19. The van der Waals surface area contributed by atoms with Crippen LogP contribution in [0.25, 0.3) is 0 Å². The number of hydrogen-bond donors (Lipinski definition) is 1. The van der Waals surface area contributed by atoms with Crippen molar-refractivity contribution in [3.63, 3.8) is 0 Å². The van der Waals surface area contributed by atoms with Crippen LogP contribution in [-0.2, 0) is 9.53 Å². The summed E-state index contributed by atoms with van der Waals surface area (Å²) in [4.78, 5) is 11.5. The fourth-order valence-electron chi connectivity index (χ4n) is 2.00. The maximum absolute atomic E-state index is 11.5. The first-order valence-electron chi connectivity index (χ1n) is 4.84. The molecule has 13 heavy (non-hydrogen) atoms. The van der Waals surface area contributed by atoms with Gasteiger partial charge in [0.05, 0.1) is 5.92 Å². The molecule has 0 aromatic rings. The molecule has 0 saturated heterocycles. The van der Waals surface area contributed by atoms with Gasteiger partial charge in [0.25, 0.3) is 0 Å². The van der Waals surface area contributed by atoms with Crippen LogP contribution in [0, 0.1) is 11.3 Å². The van der Waals surface area contributed by atoms with E-state index in [1.807, 2.05) is 20.8 Å². The van der Waals surface area contributed by atoms with Gasteiger partial charge < -0.3 is 10.5 Å². The zero-order chi connectivity index (χ0) is 9.85. The van der Waals surface area contributed by atoms with E-state index in [0.29, 0.717) is 0 Å². The molecule has 2 aliphatic rings. The monoisotopic (exact) mass is 183 g/mol. The van der Waals surface area contributed by atoms with Crippen molar-refractivity contribution in [3.8, 4) is 0 Å². The van der Waals surface area contributed by atoms with Crippen molar-refractivity contribution in [3.05, 3.63) is 0 Å². The Morgan fingerprint density at radius 1 is 1.46 bits per heavy atom. The molecule has 0 aliphatic heterocycles. The summed E-state index contributed by atoms with van der Waals surface area (Å²) in [5, 5.41) is 0. The molecule has 2 aliphatic carbocycles. The lowest BCUT2D eigenvalue weighted by molar-refractivity contribution is -0.157. The number of carbonyl (C=O) groups is 1. The summed E-state index contributed by atoms with van der Waals surface area (Å²) in [5.74, 6) is 0.0437. The molecule has 0 amide bonds. The van der Waals surface area contributed by atoms with Gasteiger partial charge in [0.1, 0.15) is 5.60 Å². The highest BCUT2D eigenvalue weighted by Gasteiger charge is 2.72. The van der Waals surface area contributed by atoms with Gasteiger partial charge in [0.2, 0.25) is 0 Å². The van der Waals surface area contributed by atoms with Gasteiger partial charge >= 0.3 is 5.97 Å². The zero-order valence-corrected chi connectivity index (χ0v) is 8.46. The minimum absolute atomic E-state index is 0.0551. The highest BCUT2D eigenvalue weighted by atomic mass is 16.6. The average Bonchev–Trinajstić information content (AvgIpc) is 2.72. The van der Waals surface area contributed by atoms with Crippen molar-refractivity contribution >= 4 is 5.97 Å². The summed E-state index contributed by atoms with van der Waals surface area (Å²) in [6, 6.07) is 0.255. The molecule has 0 bridgehead atoms. The third-order valence-electron chi connectivity index (χ3n) is 2.99. The summed E-state index contributed by atoms with van der Waals surface area (Å²) >= 11 is 0. The smallest absolute Gasteiger partial charge is 0.310 e. The molecule has 2 rings (SSSR count). The van der Waals surface area contributed by atoms with Crippen LogP contribution in [0.4, 0.5) is 0 Å². The first-order chi connectivity index (χ1) is 5.85. The minimum atomic E-state index is -0.361. The normalized spacial score (nSPS) is 41.8. The van der Waals surface area contributed by atoms with Crippen LogP contribution in [0.1, 0.15) is 33.6 Å². The average molecular weight is 183 g/mol. The predicted molar refractivity (Wildman–Crippen MR) is 49.0 cm³/mol. The lowest BCUT2D eigenvalue weighted by atomic mass is 10.2. The highest BCUT2D eigenvalue weighted by Crippen LogP contribution is 2.69. The maximum Gasteiger partial charge on any atom is 0.310 e. The van der Waals surface area contributed by atoms with Crippen molar-refractivity contribution in [2.45, 2.75) is 45.3 Å². The second-order valence-electron chi connectivity index (χ2n) is 5.33. The Morgan fingerprint density at radius 2 is 2.00 bits per heavy atom. The second-order valence-corrected chi connectivity index (χ2v) is 5.33. The van der Waals surface area contributed by atoms with Gasteiger partial charge in [-0.2, -0.15) is 0 Å². The predicted octanol–water partition coefficient (Wildman–Crippen LogP) is 1.07. The number of hydrogen-bond acceptors (Lipinski definition) is 3. The summed E-state index contributed by atoms with van der Waals surface area (Å²) in [6.07, 6.45) is 1.96. The highest BCUT2D eigenvalue weighted by molar-refractivity contribution is 5.78. The van der Waals surface area contributed by atoms with Crippen LogP contribution in [0.5, 0.6) is 0 Å². The van der Waals surface area contributed by atoms with Crippen LogP contribution in [0.15, 0.2) is 0 Å². The number of ether oxygens (including phenoxy) is 1. The Balaban J connectivity index is 1.88. The molecule has 3 unspecified atom stereocenters. The van der Waals surface area contributed by atoms with E-state index < -0.39 is 0 Å². The maximum atomic E-state index is 11.5. The second kappa shape index (κ2) is 2.27. The fraction of sp³-hybridized carbons (Fsp3) is 0.900. The van der Waals surface area contributed by atoms with Crippen LogP contribution in [0.3, 0.4) is 0 Å². The van der Waals surface area contributed by atoms with Gasteiger partial charge in [0, 0.05) is 11.5 Å². The van der Waals surface area contributed by atoms with Gasteiger partial charge in [-0.1, -0.05) is 0 Å². The largest absolute Gasteiger partial charge is 0.460 e. The van der Waals surface area contributed by atoms with Gasteiger partial charge in [-0.05, 0) is 33.6 Å².